The molecule has 0 heterocycles. The van der Waals surface area contributed by atoms with E-state index in [1.54, 1.807) is 0 Å². The lowest BCUT2D eigenvalue weighted by Gasteiger charge is -2.15. The van der Waals surface area contributed by atoms with E-state index in [4.69, 9.17) is 5.73 Å². The van der Waals surface area contributed by atoms with Crippen molar-refractivity contribution in [2.24, 2.45) is 5.73 Å². The predicted molar refractivity (Wildman–Crippen MR) is 89.4 cm³/mol. The van der Waals surface area contributed by atoms with Gasteiger partial charge in [-0.3, -0.25) is 9.59 Å². The Morgan fingerprint density at radius 3 is 2.59 bits per heavy atom. The molecule has 4 N–H and O–H groups in total. The lowest BCUT2D eigenvalue weighted by Crippen LogP contribution is -2.26. The minimum absolute atomic E-state index is 0.0604. The minimum Gasteiger partial charge on any atom is -0.350 e. The van der Waals surface area contributed by atoms with Gasteiger partial charge in [-0.1, -0.05) is 25.0 Å². The molecule has 0 aliphatic rings. The van der Waals surface area contributed by atoms with Crippen LogP contribution in [0.1, 0.15) is 57.6 Å². The molecule has 122 valence electrons. The van der Waals surface area contributed by atoms with Gasteiger partial charge in [0.2, 0.25) is 11.8 Å². The summed E-state index contributed by atoms with van der Waals surface area (Å²) < 4.78 is 0. The number of carbonyl (C=O) groups is 2. The number of hydrogen-bond donors (Lipinski definition) is 3. The normalized spacial score (nSPS) is 11.8. The first kappa shape index (κ1) is 18.2. The highest BCUT2D eigenvalue weighted by Crippen LogP contribution is 2.17. The molecule has 1 unspecified atom stereocenters. The molecule has 0 aliphatic heterocycles. The number of nitrogens with two attached hydrogens (primary N) is 1. The van der Waals surface area contributed by atoms with Crippen molar-refractivity contribution in [3.63, 3.8) is 0 Å². The summed E-state index contributed by atoms with van der Waals surface area (Å²) in [5.41, 5.74) is 7.16. The number of nitrogens with one attached hydrogen (secondary N) is 2. The Balaban J connectivity index is 2.42. The number of rotatable bonds is 9. The second-order valence-corrected chi connectivity index (χ2v) is 5.55. The first-order valence-corrected chi connectivity index (χ1v) is 7.90. The van der Waals surface area contributed by atoms with Gasteiger partial charge in [0, 0.05) is 19.0 Å². The van der Waals surface area contributed by atoms with E-state index in [-0.39, 0.29) is 17.9 Å². The molecule has 1 aromatic rings. The van der Waals surface area contributed by atoms with E-state index in [1.165, 1.54) is 6.92 Å². The van der Waals surface area contributed by atoms with Gasteiger partial charge in [-0.2, -0.15) is 0 Å². The van der Waals surface area contributed by atoms with Gasteiger partial charge in [0.1, 0.15) is 0 Å². The highest BCUT2D eigenvalue weighted by Gasteiger charge is 2.10. The summed E-state index contributed by atoms with van der Waals surface area (Å²) in [6, 6.07) is 7.45. The van der Waals surface area contributed by atoms with Crippen LogP contribution < -0.4 is 16.4 Å². The summed E-state index contributed by atoms with van der Waals surface area (Å²) in [5.74, 6) is -0.0449. The van der Waals surface area contributed by atoms with Crippen LogP contribution in [0, 0.1) is 0 Å². The fourth-order valence-electron chi connectivity index (χ4n) is 2.27. The molecule has 0 radical (unpaired) electrons. The fourth-order valence-corrected chi connectivity index (χ4v) is 2.27. The van der Waals surface area contributed by atoms with Crippen LogP contribution in [0.3, 0.4) is 0 Å². The molecule has 5 nitrogen and oxygen atoms in total. The molecule has 0 bridgehead atoms. The van der Waals surface area contributed by atoms with Crippen molar-refractivity contribution in [2.45, 2.75) is 52.0 Å². The fraction of sp³-hybridized carbons (Fsp3) is 0.529. The van der Waals surface area contributed by atoms with Crippen LogP contribution in [0.5, 0.6) is 0 Å². The third kappa shape index (κ3) is 7.22. The zero-order chi connectivity index (χ0) is 16.4. The quantitative estimate of drug-likeness (QED) is 0.613. The number of benzene rings is 1. The molecule has 1 rings (SSSR count). The van der Waals surface area contributed by atoms with Gasteiger partial charge < -0.3 is 16.4 Å². The Kier molecular flexibility index (Phi) is 8.22. The van der Waals surface area contributed by atoms with Crippen LogP contribution in [0.4, 0.5) is 5.69 Å². The summed E-state index contributed by atoms with van der Waals surface area (Å²) in [6.07, 6.45) is 4.58. The van der Waals surface area contributed by atoms with Gasteiger partial charge in [-0.15, -0.1) is 0 Å². The Hall–Kier alpha value is -1.88. The molecule has 0 fully saturated rings. The van der Waals surface area contributed by atoms with Gasteiger partial charge >= 0.3 is 0 Å². The van der Waals surface area contributed by atoms with Crippen molar-refractivity contribution >= 4 is 17.5 Å². The molecular weight excluding hydrogens is 278 g/mol. The number of unbranched alkanes of at least 4 members (excludes halogenated alkanes) is 3. The van der Waals surface area contributed by atoms with Crippen molar-refractivity contribution in [3.05, 3.63) is 29.8 Å². The second-order valence-electron chi connectivity index (χ2n) is 5.55. The first-order chi connectivity index (χ1) is 10.5. The Bertz CT molecular complexity index is 489. The van der Waals surface area contributed by atoms with Crippen LogP contribution in [-0.2, 0) is 9.59 Å². The van der Waals surface area contributed by atoms with Gasteiger partial charge in [-0.25, -0.2) is 0 Å². The van der Waals surface area contributed by atoms with Crippen LogP contribution in [-0.4, -0.2) is 18.4 Å². The molecule has 0 aromatic heterocycles. The highest BCUT2D eigenvalue weighted by atomic mass is 16.2. The summed E-state index contributed by atoms with van der Waals surface area (Å²) >= 11 is 0. The van der Waals surface area contributed by atoms with Crippen LogP contribution >= 0.6 is 0 Å². The van der Waals surface area contributed by atoms with E-state index in [2.05, 4.69) is 10.6 Å². The zero-order valence-electron chi connectivity index (χ0n) is 13.5. The molecule has 0 spiro atoms. The molecule has 5 heteroatoms. The predicted octanol–water partition coefficient (Wildman–Crippen LogP) is 2.73. The molecule has 2 amide bonds. The average Bonchev–Trinajstić information content (AvgIpc) is 2.46. The van der Waals surface area contributed by atoms with Gasteiger partial charge in [-0.05, 0) is 44.0 Å². The molecule has 22 heavy (non-hydrogen) atoms. The zero-order valence-corrected chi connectivity index (χ0v) is 13.5. The number of anilines is 1. The van der Waals surface area contributed by atoms with Crippen molar-refractivity contribution in [2.75, 3.05) is 11.9 Å². The van der Waals surface area contributed by atoms with Gasteiger partial charge in [0.25, 0.3) is 0 Å². The molecule has 1 atom stereocenters. The molecule has 0 saturated heterocycles. The SMILES string of the molecule is CC(=O)Nc1cccc(C(C)NC(=O)CCCCCCN)c1. The van der Waals surface area contributed by atoms with Crippen molar-refractivity contribution in [1.29, 1.82) is 0 Å². The summed E-state index contributed by atoms with van der Waals surface area (Å²) in [5, 5.41) is 5.74. The smallest absolute Gasteiger partial charge is 0.221 e. The Labute approximate surface area is 132 Å². The lowest BCUT2D eigenvalue weighted by molar-refractivity contribution is -0.121. The first-order valence-electron chi connectivity index (χ1n) is 7.90. The maximum atomic E-state index is 11.9. The minimum atomic E-state index is -0.105. The molecular formula is C17H27N3O2. The standard InChI is InChI=1S/C17H27N3O2/c1-13(19-17(22)10-5-3-4-6-11-18)15-8-7-9-16(12-15)20-14(2)21/h7-9,12-13H,3-6,10-11,18H2,1-2H3,(H,19,22)(H,20,21). The van der Waals surface area contributed by atoms with E-state index in [0.717, 1.165) is 36.9 Å². The summed E-state index contributed by atoms with van der Waals surface area (Å²) in [6.45, 7) is 4.13. The molecule has 0 saturated carbocycles. The van der Waals surface area contributed by atoms with Crippen molar-refractivity contribution in [3.8, 4) is 0 Å². The Morgan fingerprint density at radius 1 is 1.18 bits per heavy atom. The van der Waals surface area contributed by atoms with Crippen LogP contribution in [0.25, 0.3) is 0 Å². The van der Waals surface area contributed by atoms with Gasteiger partial charge in [0.15, 0.2) is 0 Å². The number of hydrogen-bond acceptors (Lipinski definition) is 3. The van der Waals surface area contributed by atoms with E-state index >= 15 is 0 Å². The van der Waals surface area contributed by atoms with Gasteiger partial charge in [0.05, 0.1) is 6.04 Å². The number of carbonyl (C=O) groups excluding carboxylic acids is 2. The van der Waals surface area contributed by atoms with Crippen LogP contribution in [0.15, 0.2) is 24.3 Å². The second kappa shape index (κ2) is 9.95. The molecule has 1 aromatic carbocycles. The number of amides is 2. The monoisotopic (exact) mass is 305 g/mol. The summed E-state index contributed by atoms with van der Waals surface area (Å²) in [4.78, 5) is 23.0. The van der Waals surface area contributed by atoms with E-state index in [9.17, 15) is 9.59 Å². The third-order valence-corrected chi connectivity index (χ3v) is 3.44. The van der Waals surface area contributed by atoms with E-state index < -0.39 is 0 Å². The third-order valence-electron chi connectivity index (χ3n) is 3.44. The van der Waals surface area contributed by atoms with Crippen LogP contribution in [0.2, 0.25) is 0 Å². The topological polar surface area (TPSA) is 84.2 Å². The largest absolute Gasteiger partial charge is 0.350 e. The Morgan fingerprint density at radius 2 is 1.91 bits per heavy atom. The highest BCUT2D eigenvalue weighted by molar-refractivity contribution is 5.88. The van der Waals surface area contributed by atoms with Crippen molar-refractivity contribution in [1.82, 2.24) is 5.32 Å². The van der Waals surface area contributed by atoms with Crippen molar-refractivity contribution < 1.29 is 9.59 Å². The van der Waals surface area contributed by atoms with E-state index in [0.29, 0.717) is 13.0 Å². The maximum absolute atomic E-state index is 11.9. The summed E-state index contributed by atoms with van der Waals surface area (Å²) in [7, 11) is 0. The lowest BCUT2D eigenvalue weighted by atomic mass is 10.1. The average molecular weight is 305 g/mol. The molecule has 0 aliphatic carbocycles. The maximum Gasteiger partial charge on any atom is 0.221 e. The van der Waals surface area contributed by atoms with E-state index in [1.807, 2.05) is 31.2 Å².